The van der Waals surface area contributed by atoms with Crippen LogP contribution in [0.2, 0.25) is 0 Å². The summed E-state index contributed by atoms with van der Waals surface area (Å²) >= 11 is 0. The van der Waals surface area contributed by atoms with E-state index in [2.05, 4.69) is 75.5 Å². The number of piperidine rings is 2. The van der Waals surface area contributed by atoms with Crippen LogP contribution in [0, 0.1) is 5.92 Å². The predicted octanol–water partition coefficient (Wildman–Crippen LogP) is 3.09. The Kier molecular flexibility index (Phi) is 10.6. The van der Waals surface area contributed by atoms with Crippen molar-refractivity contribution in [1.29, 1.82) is 0 Å². The zero-order valence-electron chi connectivity index (χ0n) is 18.5. The van der Waals surface area contributed by atoms with Crippen LogP contribution < -0.4 is 0 Å². The highest BCUT2D eigenvalue weighted by molar-refractivity contribution is 4.78. The van der Waals surface area contributed by atoms with Crippen LogP contribution >= 0.6 is 0 Å². The second-order valence-corrected chi connectivity index (χ2v) is 9.16. The summed E-state index contributed by atoms with van der Waals surface area (Å²) in [6.07, 6.45) is 5.45. The van der Waals surface area contributed by atoms with Crippen molar-refractivity contribution in [3.05, 3.63) is 0 Å². The number of hydrogen-bond acceptors (Lipinski definition) is 4. The van der Waals surface area contributed by atoms with Crippen LogP contribution in [0.4, 0.5) is 0 Å². The van der Waals surface area contributed by atoms with Crippen LogP contribution in [-0.2, 0) is 0 Å². The summed E-state index contributed by atoms with van der Waals surface area (Å²) in [6.45, 7) is 15.6. The Balaban J connectivity index is 0.000000251. The zero-order valence-corrected chi connectivity index (χ0v) is 18.5. The van der Waals surface area contributed by atoms with E-state index >= 15 is 0 Å². The van der Waals surface area contributed by atoms with Gasteiger partial charge in [0, 0.05) is 24.7 Å². The second kappa shape index (κ2) is 11.5. The molecule has 0 N–H and O–H groups in total. The van der Waals surface area contributed by atoms with Gasteiger partial charge in [-0.1, -0.05) is 0 Å². The summed E-state index contributed by atoms with van der Waals surface area (Å²) in [5.74, 6) is 0.935. The standard InChI is InChI=1S/C11H24N2.C10H22N2/c1-10(2)13-7-5-11(6-8-13)9-12(3)4;1-9(2)12-7-5-10(6-8-12)11(3)4/h10-11H,5-9H2,1-4H3;9-10H,5-8H2,1-4H3. The van der Waals surface area contributed by atoms with Gasteiger partial charge < -0.3 is 19.6 Å². The van der Waals surface area contributed by atoms with Crippen molar-refractivity contribution in [2.75, 3.05) is 60.9 Å². The molecule has 2 saturated heterocycles. The van der Waals surface area contributed by atoms with Gasteiger partial charge in [0.25, 0.3) is 0 Å². The minimum atomic E-state index is 0.730. The maximum Gasteiger partial charge on any atom is 0.0113 e. The molecular weight excluding hydrogens is 308 g/mol. The Labute approximate surface area is 158 Å². The van der Waals surface area contributed by atoms with Crippen molar-refractivity contribution in [3.63, 3.8) is 0 Å². The minimum Gasteiger partial charge on any atom is -0.309 e. The topological polar surface area (TPSA) is 13.0 Å². The highest BCUT2D eigenvalue weighted by Gasteiger charge is 2.22. The van der Waals surface area contributed by atoms with E-state index in [9.17, 15) is 0 Å². The molecular formula is C21H46N4. The molecule has 0 spiro atoms. The molecule has 0 radical (unpaired) electrons. The molecule has 2 rings (SSSR count). The average Bonchev–Trinajstić information content (AvgIpc) is 2.55. The van der Waals surface area contributed by atoms with E-state index in [1.54, 1.807) is 0 Å². The van der Waals surface area contributed by atoms with Gasteiger partial charge in [-0.05, 0) is 114 Å². The highest BCUT2D eigenvalue weighted by Crippen LogP contribution is 2.19. The van der Waals surface area contributed by atoms with E-state index < -0.39 is 0 Å². The third-order valence-corrected chi connectivity index (χ3v) is 5.96. The third-order valence-electron chi connectivity index (χ3n) is 5.96. The normalized spacial score (nSPS) is 22.1. The number of hydrogen-bond donors (Lipinski definition) is 0. The molecule has 0 atom stereocenters. The number of likely N-dealkylation sites (tertiary alicyclic amines) is 2. The first-order valence-electron chi connectivity index (χ1n) is 10.5. The Morgan fingerprint density at radius 1 is 0.720 bits per heavy atom. The number of nitrogens with zero attached hydrogens (tertiary/aromatic N) is 4. The van der Waals surface area contributed by atoms with Crippen LogP contribution in [-0.4, -0.2) is 98.6 Å². The predicted molar refractivity (Wildman–Crippen MR) is 111 cm³/mol. The molecule has 0 aromatic carbocycles. The molecule has 4 heteroatoms. The Bertz CT molecular complexity index is 309. The summed E-state index contributed by atoms with van der Waals surface area (Å²) in [4.78, 5) is 9.83. The molecule has 0 aromatic heterocycles. The fourth-order valence-electron chi connectivity index (χ4n) is 4.09. The fraction of sp³-hybridized carbons (Fsp3) is 1.00. The van der Waals surface area contributed by atoms with E-state index in [0.717, 1.165) is 24.0 Å². The molecule has 25 heavy (non-hydrogen) atoms. The first-order chi connectivity index (χ1) is 11.7. The van der Waals surface area contributed by atoms with E-state index in [0.29, 0.717) is 0 Å². The maximum atomic E-state index is 2.59. The molecule has 2 fully saturated rings. The summed E-state index contributed by atoms with van der Waals surface area (Å²) in [5, 5.41) is 0. The minimum absolute atomic E-state index is 0.730. The monoisotopic (exact) mass is 354 g/mol. The van der Waals surface area contributed by atoms with Gasteiger partial charge in [0.15, 0.2) is 0 Å². The maximum absolute atomic E-state index is 2.59. The summed E-state index contributed by atoms with van der Waals surface area (Å²) in [7, 11) is 8.73. The van der Waals surface area contributed by atoms with Crippen molar-refractivity contribution < 1.29 is 0 Å². The number of rotatable bonds is 5. The molecule has 0 saturated carbocycles. The van der Waals surface area contributed by atoms with Gasteiger partial charge in [-0.2, -0.15) is 0 Å². The lowest BCUT2D eigenvalue weighted by molar-refractivity contribution is 0.121. The fourth-order valence-corrected chi connectivity index (χ4v) is 4.09. The summed E-state index contributed by atoms with van der Waals surface area (Å²) in [6, 6.07) is 2.29. The van der Waals surface area contributed by atoms with Crippen molar-refractivity contribution in [3.8, 4) is 0 Å². The van der Waals surface area contributed by atoms with Crippen molar-refractivity contribution in [2.45, 2.75) is 71.5 Å². The van der Waals surface area contributed by atoms with E-state index in [1.807, 2.05) is 0 Å². The van der Waals surface area contributed by atoms with Gasteiger partial charge in [0.2, 0.25) is 0 Å². The SMILES string of the molecule is CC(C)N1CCC(CN(C)C)CC1.CC(C)N1CCC(N(C)C)CC1. The Morgan fingerprint density at radius 2 is 1.12 bits per heavy atom. The van der Waals surface area contributed by atoms with Crippen LogP contribution in [0.15, 0.2) is 0 Å². The molecule has 2 heterocycles. The molecule has 0 bridgehead atoms. The molecule has 2 aliphatic heterocycles. The van der Waals surface area contributed by atoms with Gasteiger partial charge in [0.05, 0.1) is 0 Å². The van der Waals surface area contributed by atoms with Crippen LogP contribution in [0.1, 0.15) is 53.4 Å². The quantitative estimate of drug-likeness (QED) is 0.752. The third kappa shape index (κ3) is 8.85. The van der Waals surface area contributed by atoms with Gasteiger partial charge in [-0.25, -0.2) is 0 Å². The van der Waals surface area contributed by atoms with Gasteiger partial charge in [-0.3, -0.25) is 0 Å². The molecule has 150 valence electrons. The van der Waals surface area contributed by atoms with Gasteiger partial charge in [0.1, 0.15) is 0 Å². The highest BCUT2D eigenvalue weighted by atomic mass is 15.2. The summed E-state index contributed by atoms with van der Waals surface area (Å²) < 4.78 is 0. The largest absolute Gasteiger partial charge is 0.309 e. The molecule has 0 amide bonds. The molecule has 0 aliphatic carbocycles. The molecule has 0 unspecified atom stereocenters. The van der Waals surface area contributed by atoms with Crippen LogP contribution in [0.5, 0.6) is 0 Å². The van der Waals surface area contributed by atoms with E-state index in [4.69, 9.17) is 0 Å². The summed E-state index contributed by atoms with van der Waals surface area (Å²) in [5.41, 5.74) is 0. The van der Waals surface area contributed by atoms with E-state index in [1.165, 1.54) is 58.4 Å². The molecule has 4 nitrogen and oxygen atoms in total. The lowest BCUT2D eigenvalue weighted by Gasteiger charge is -2.37. The van der Waals surface area contributed by atoms with Crippen molar-refractivity contribution in [1.82, 2.24) is 19.6 Å². The first-order valence-corrected chi connectivity index (χ1v) is 10.5. The Morgan fingerprint density at radius 3 is 1.44 bits per heavy atom. The van der Waals surface area contributed by atoms with Gasteiger partial charge >= 0.3 is 0 Å². The van der Waals surface area contributed by atoms with Gasteiger partial charge in [-0.15, -0.1) is 0 Å². The van der Waals surface area contributed by atoms with Crippen molar-refractivity contribution >= 4 is 0 Å². The van der Waals surface area contributed by atoms with E-state index in [-0.39, 0.29) is 0 Å². The van der Waals surface area contributed by atoms with Crippen molar-refractivity contribution in [2.24, 2.45) is 5.92 Å². The lowest BCUT2D eigenvalue weighted by atomic mass is 9.96. The van der Waals surface area contributed by atoms with Crippen LogP contribution in [0.25, 0.3) is 0 Å². The molecule has 2 aliphatic rings. The zero-order chi connectivity index (χ0) is 19.0. The second-order valence-electron chi connectivity index (χ2n) is 9.16. The Hall–Kier alpha value is -0.160. The first kappa shape index (κ1) is 22.9. The molecule has 0 aromatic rings. The average molecular weight is 355 g/mol. The smallest absolute Gasteiger partial charge is 0.0113 e. The lowest BCUT2D eigenvalue weighted by Crippen LogP contribution is -2.44. The van der Waals surface area contributed by atoms with Crippen LogP contribution in [0.3, 0.4) is 0 Å².